The van der Waals surface area contributed by atoms with E-state index in [2.05, 4.69) is 21.2 Å². The smallest absolute Gasteiger partial charge is 0.278 e. The Morgan fingerprint density at radius 3 is 2.39 bits per heavy atom. The lowest BCUT2D eigenvalue weighted by Crippen LogP contribution is -2.05. The number of ether oxygens (including phenoxy) is 2. The van der Waals surface area contributed by atoms with Gasteiger partial charge in [-0.1, -0.05) is 15.9 Å². The van der Waals surface area contributed by atoms with Gasteiger partial charge in [0, 0.05) is 16.7 Å². The average Bonchev–Trinajstić information content (AvgIpc) is 2.54. The van der Waals surface area contributed by atoms with E-state index in [1.807, 2.05) is 25.1 Å². The topological polar surface area (TPSA) is 73.6 Å². The lowest BCUT2D eigenvalue weighted by atomic mass is 10.1. The first-order chi connectivity index (χ1) is 11.0. The second kappa shape index (κ2) is 7.32. The summed E-state index contributed by atoms with van der Waals surface area (Å²) in [6.07, 6.45) is 0. The Kier molecular flexibility index (Phi) is 5.44. The fourth-order valence-electron chi connectivity index (χ4n) is 2.17. The highest BCUT2D eigenvalue weighted by molar-refractivity contribution is 9.10. The highest BCUT2D eigenvalue weighted by Gasteiger charge is 2.19. The molecule has 0 heterocycles. The zero-order valence-corrected chi connectivity index (χ0v) is 14.6. The van der Waals surface area contributed by atoms with Gasteiger partial charge in [0.15, 0.2) is 11.5 Å². The summed E-state index contributed by atoms with van der Waals surface area (Å²) in [5.74, 6) is 0.796. The zero-order valence-electron chi connectivity index (χ0n) is 13.1. The van der Waals surface area contributed by atoms with Gasteiger partial charge < -0.3 is 14.8 Å². The molecule has 2 rings (SSSR count). The molecule has 6 nitrogen and oxygen atoms in total. The van der Waals surface area contributed by atoms with Crippen LogP contribution in [0.25, 0.3) is 0 Å². The van der Waals surface area contributed by atoms with Gasteiger partial charge in [0.05, 0.1) is 30.8 Å². The third-order valence-corrected chi connectivity index (χ3v) is 4.31. The summed E-state index contributed by atoms with van der Waals surface area (Å²) in [4.78, 5) is 10.9. The van der Waals surface area contributed by atoms with E-state index < -0.39 is 4.92 Å². The van der Waals surface area contributed by atoms with Crippen molar-refractivity contribution >= 4 is 27.3 Å². The molecule has 122 valence electrons. The maximum atomic E-state index is 11.3. The normalized spacial score (nSPS) is 10.3. The number of nitro groups is 1. The molecule has 2 aromatic carbocycles. The number of aryl methyl sites for hydroxylation is 1. The monoisotopic (exact) mass is 380 g/mol. The molecular weight excluding hydrogens is 364 g/mol. The van der Waals surface area contributed by atoms with Crippen LogP contribution in [0.5, 0.6) is 11.5 Å². The number of nitro benzene ring substituents is 1. The van der Waals surface area contributed by atoms with Gasteiger partial charge in [-0.05, 0) is 36.8 Å². The lowest BCUT2D eigenvalue weighted by Gasteiger charge is -2.12. The van der Waals surface area contributed by atoms with E-state index in [9.17, 15) is 10.1 Å². The molecule has 1 N–H and O–H groups in total. The van der Waals surface area contributed by atoms with Crippen LogP contribution in [0.2, 0.25) is 0 Å². The Bertz CT molecular complexity index is 734. The minimum absolute atomic E-state index is 0.0102. The molecule has 23 heavy (non-hydrogen) atoms. The zero-order chi connectivity index (χ0) is 17.0. The Hall–Kier alpha value is -2.28. The predicted octanol–water partition coefficient (Wildman–Crippen LogP) is 4.30. The van der Waals surface area contributed by atoms with E-state index in [4.69, 9.17) is 9.47 Å². The highest BCUT2D eigenvalue weighted by Crippen LogP contribution is 2.34. The number of benzene rings is 2. The van der Waals surface area contributed by atoms with E-state index in [-0.39, 0.29) is 5.69 Å². The Balaban J connectivity index is 2.30. The summed E-state index contributed by atoms with van der Waals surface area (Å²) in [7, 11) is 2.95. The third kappa shape index (κ3) is 3.92. The first-order valence-electron chi connectivity index (χ1n) is 6.85. The van der Waals surface area contributed by atoms with Gasteiger partial charge in [0.1, 0.15) is 0 Å². The summed E-state index contributed by atoms with van der Waals surface area (Å²) in [6, 6.07) is 8.80. The van der Waals surface area contributed by atoms with Crippen LogP contribution >= 0.6 is 15.9 Å². The molecule has 0 saturated heterocycles. The average molecular weight is 381 g/mol. The number of halogens is 1. The van der Waals surface area contributed by atoms with Gasteiger partial charge in [-0.2, -0.15) is 0 Å². The standard InChI is InChI=1S/C16H17BrN2O4/c1-10-6-12(4-5-13(10)17)18-9-11-7-15(22-2)16(23-3)8-14(11)19(20)21/h4-8,18H,9H2,1-3H3. The van der Waals surface area contributed by atoms with Crippen LogP contribution in [0.3, 0.4) is 0 Å². The molecule has 0 fully saturated rings. The minimum atomic E-state index is -0.425. The predicted molar refractivity (Wildman–Crippen MR) is 92.4 cm³/mol. The second-order valence-electron chi connectivity index (χ2n) is 4.91. The van der Waals surface area contributed by atoms with Crippen LogP contribution in [0.1, 0.15) is 11.1 Å². The molecule has 0 aliphatic carbocycles. The van der Waals surface area contributed by atoms with Gasteiger partial charge in [-0.15, -0.1) is 0 Å². The van der Waals surface area contributed by atoms with Crippen molar-refractivity contribution < 1.29 is 14.4 Å². The molecule has 0 spiro atoms. The van der Waals surface area contributed by atoms with E-state index >= 15 is 0 Å². The van der Waals surface area contributed by atoms with E-state index in [1.54, 1.807) is 6.07 Å². The van der Waals surface area contributed by atoms with Crippen LogP contribution < -0.4 is 14.8 Å². The van der Waals surface area contributed by atoms with Crippen molar-refractivity contribution in [3.8, 4) is 11.5 Å². The van der Waals surface area contributed by atoms with Crippen molar-refractivity contribution in [1.82, 2.24) is 0 Å². The molecule has 2 aromatic rings. The Labute approximate surface area is 142 Å². The Morgan fingerprint density at radius 1 is 1.17 bits per heavy atom. The summed E-state index contributed by atoms with van der Waals surface area (Å²) >= 11 is 3.44. The summed E-state index contributed by atoms with van der Waals surface area (Å²) in [5.41, 5.74) is 2.48. The molecule has 0 aliphatic heterocycles. The number of hydrogen-bond acceptors (Lipinski definition) is 5. The van der Waals surface area contributed by atoms with Crippen molar-refractivity contribution in [2.75, 3.05) is 19.5 Å². The number of rotatable bonds is 6. The van der Waals surface area contributed by atoms with Crippen molar-refractivity contribution in [3.63, 3.8) is 0 Å². The fourth-order valence-corrected chi connectivity index (χ4v) is 2.42. The molecule has 0 saturated carbocycles. The maximum Gasteiger partial charge on any atom is 0.278 e. The van der Waals surface area contributed by atoms with Gasteiger partial charge in [0.2, 0.25) is 0 Å². The molecule has 0 amide bonds. The molecule has 0 aromatic heterocycles. The quantitative estimate of drug-likeness (QED) is 0.597. The number of anilines is 1. The van der Waals surface area contributed by atoms with Crippen molar-refractivity contribution in [1.29, 1.82) is 0 Å². The van der Waals surface area contributed by atoms with Crippen LogP contribution in [0, 0.1) is 17.0 Å². The Morgan fingerprint density at radius 2 is 1.83 bits per heavy atom. The second-order valence-corrected chi connectivity index (χ2v) is 5.76. The minimum Gasteiger partial charge on any atom is -0.493 e. The largest absolute Gasteiger partial charge is 0.493 e. The summed E-state index contributed by atoms with van der Waals surface area (Å²) < 4.78 is 11.3. The molecule has 0 atom stereocenters. The third-order valence-electron chi connectivity index (χ3n) is 3.42. The van der Waals surface area contributed by atoms with Crippen molar-refractivity contribution in [3.05, 3.63) is 56.0 Å². The maximum absolute atomic E-state index is 11.3. The van der Waals surface area contributed by atoms with Gasteiger partial charge in [-0.3, -0.25) is 10.1 Å². The van der Waals surface area contributed by atoms with E-state index in [1.165, 1.54) is 20.3 Å². The summed E-state index contributed by atoms with van der Waals surface area (Å²) in [6.45, 7) is 2.28. The SMILES string of the molecule is COc1cc(CNc2ccc(Br)c(C)c2)c([N+](=O)[O-])cc1OC. The van der Waals surface area contributed by atoms with Crippen LogP contribution in [0.4, 0.5) is 11.4 Å². The van der Waals surface area contributed by atoms with Gasteiger partial charge in [0.25, 0.3) is 5.69 Å². The van der Waals surface area contributed by atoms with Crippen LogP contribution in [0.15, 0.2) is 34.8 Å². The molecule has 7 heteroatoms. The van der Waals surface area contributed by atoms with Crippen molar-refractivity contribution in [2.24, 2.45) is 0 Å². The molecule has 0 bridgehead atoms. The molecule has 0 unspecified atom stereocenters. The summed E-state index contributed by atoms with van der Waals surface area (Å²) in [5, 5.41) is 14.5. The molecular formula is C16H17BrN2O4. The number of methoxy groups -OCH3 is 2. The van der Waals surface area contributed by atoms with Crippen LogP contribution in [-0.4, -0.2) is 19.1 Å². The van der Waals surface area contributed by atoms with Gasteiger partial charge >= 0.3 is 0 Å². The first-order valence-corrected chi connectivity index (χ1v) is 7.65. The van der Waals surface area contributed by atoms with E-state index in [0.29, 0.717) is 23.6 Å². The lowest BCUT2D eigenvalue weighted by molar-refractivity contribution is -0.385. The molecule has 0 aliphatic rings. The fraction of sp³-hybridized carbons (Fsp3) is 0.250. The number of hydrogen-bond donors (Lipinski definition) is 1. The van der Waals surface area contributed by atoms with Crippen LogP contribution in [-0.2, 0) is 6.54 Å². The number of nitrogens with zero attached hydrogens (tertiary/aromatic N) is 1. The van der Waals surface area contributed by atoms with Gasteiger partial charge in [-0.25, -0.2) is 0 Å². The highest BCUT2D eigenvalue weighted by atomic mass is 79.9. The first kappa shape index (κ1) is 17.1. The molecule has 0 radical (unpaired) electrons. The van der Waals surface area contributed by atoms with Crippen molar-refractivity contribution in [2.45, 2.75) is 13.5 Å². The van der Waals surface area contributed by atoms with E-state index in [0.717, 1.165) is 15.7 Å². The number of nitrogens with one attached hydrogen (secondary N) is 1.